The van der Waals surface area contributed by atoms with Gasteiger partial charge in [-0.3, -0.25) is 0 Å². The Morgan fingerprint density at radius 2 is 0.447 bits per heavy atom. The summed E-state index contributed by atoms with van der Waals surface area (Å²) in [6, 6.07) is 53.6. The van der Waals surface area contributed by atoms with Crippen LogP contribution in [0.4, 0.5) is 0 Å². The molecule has 0 aliphatic rings. The number of ether oxygens (including phenoxy) is 4. The molecule has 0 spiro atoms. The Morgan fingerprint density at radius 3 is 0.684 bits per heavy atom. The third-order valence-electron chi connectivity index (χ3n) is 15.1. The Kier molecular flexibility index (Phi) is 25.2. The summed E-state index contributed by atoms with van der Waals surface area (Å²) in [7, 11) is 0. The highest BCUT2D eigenvalue weighted by atomic mass is 16.5. The highest BCUT2D eigenvalue weighted by molar-refractivity contribution is 6.10. The average molecular weight is 1020 g/mol. The van der Waals surface area contributed by atoms with Gasteiger partial charge in [0.05, 0.1) is 26.4 Å². The molecular weight excluding hydrogens is 929 g/mol. The van der Waals surface area contributed by atoms with Gasteiger partial charge in [0.25, 0.3) is 0 Å². The fourth-order valence-corrected chi connectivity index (χ4v) is 10.7. The van der Waals surface area contributed by atoms with Gasteiger partial charge in [-0.05, 0) is 140 Å². The number of hydrogen-bond donors (Lipinski definition) is 0. The van der Waals surface area contributed by atoms with Crippen molar-refractivity contribution in [2.75, 3.05) is 26.4 Å². The molecule has 0 heterocycles. The Morgan fingerprint density at radius 1 is 0.237 bits per heavy atom. The molecule has 0 N–H and O–H groups in total. The van der Waals surface area contributed by atoms with Crippen LogP contribution < -0.4 is 29.4 Å². The monoisotopic (exact) mass is 1020 g/mol. The molecule has 0 atom stereocenters. The molecule has 0 aliphatic carbocycles. The lowest BCUT2D eigenvalue weighted by molar-refractivity contribution is 0.304. The maximum Gasteiger partial charge on any atom is 0.119 e. The van der Waals surface area contributed by atoms with Gasteiger partial charge < -0.3 is 18.9 Å². The number of unbranched alkanes of at least 4 members (excludes halogenated alkanes) is 20. The van der Waals surface area contributed by atoms with Crippen LogP contribution in [0.5, 0.6) is 23.0 Å². The molecule has 4 nitrogen and oxygen atoms in total. The van der Waals surface area contributed by atoms with Crippen molar-refractivity contribution in [2.45, 2.75) is 182 Å². The lowest BCUT2D eigenvalue weighted by Crippen LogP contribution is -2.33. The summed E-state index contributed by atoms with van der Waals surface area (Å²) in [5, 5.41) is 7.24. The van der Waals surface area contributed by atoms with Crippen molar-refractivity contribution in [3.05, 3.63) is 178 Å². The van der Waals surface area contributed by atoms with E-state index in [-0.39, 0.29) is 0 Å². The van der Waals surface area contributed by atoms with E-state index in [1.165, 1.54) is 160 Å². The minimum Gasteiger partial charge on any atom is -0.494 e. The molecule has 0 saturated heterocycles. The van der Waals surface area contributed by atoms with Crippen LogP contribution in [0.25, 0.3) is 32.7 Å². The number of benzene rings is 7. The first-order valence-corrected chi connectivity index (χ1v) is 30.2. The largest absolute Gasteiger partial charge is 0.494 e. The topological polar surface area (TPSA) is 36.9 Å². The minimum absolute atomic E-state index is 0.728. The first-order valence-electron chi connectivity index (χ1n) is 30.2. The summed E-state index contributed by atoms with van der Waals surface area (Å²) in [6.45, 7) is 12.0. The predicted octanol–water partition coefficient (Wildman–Crippen LogP) is 19.4. The van der Waals surface area contributed by atoms with Gasteiger partial charge in [0.1, 0.15) is 23.0 Å². The summed E-state index contributed by atoms with van der Waals surface area (Å²) in [5.74, 6) is 3.62. The van der Waals surface area contributed by atoms with Crippen molar-refractivity contribution < 1.29 is 18.9 Å². The fraction of sp³-hybridized carbons (Fsp3) is 0.444. The Bertz CT molecular complexity index is 2520. The first kappa shape index (κ1) is 57.7. The molecule has 404 valence electrons. The second-order valence-electron chi connectivity index (χ2n) is 21.2. The Balaban J connectivity index is 1.40. The summed E-state index contributed by atoms with van der Waals surface area (Å²) in [5.41, 5.74) is 6.85. The van der Waals surface area contributed by atoms with Crippen molar-refractivity contribution in [2.24, 2.45) is 0 Å². The standard InChI is InChI=1S/C72H92O4/c1-5-9-13-17-21-29-53-73-61-45-37-57(38-46-61)69(58-39-47-62(48-40-58)74-54-30-22-18-14-10-6-2)71-67-35-27-25-33-65(67)66-34-26-28-36-68(66)72(71)70(59-41-49-63(50-42-59)75-55-31-23-19-15-11-7-3)60-43-51-64(52-44-60)76-56-32-24-20-16-12-8-4/h25-28,33-52H,5-24,29-32,53-56H2,1-4H3. The molecule has 0 aromatic heterocycles. The molecular formula is C72H92O4. The van der Waals surface area contributed by atoms with Crippen LogP contribution in [0.3, 0.4) is 0 Å². The van der Waals surface area contributed by atoms with Crippen LogP contribution >= 0.6 is 0 Å². The van der Waals surface area contributed by atoms with E-state index in [4.69, 9.17) is 18.9 Å². The normalized spacial score (nSPS) is 11.3. The molecule has 0 amide bonds. The van der Waals surface area contributed by atoms with Crippen molar-refractivity contribution in [1.29, 1.82) is 0 Å². The molecule has 0 aliphatic heterocycles. The highest BCUT2D eigenvalue weighted by Crippen LogP contribution is 2.32. The van der Waals surface area contributed by atoms with Gasteiger partial charge in [-0.2, -0.15) is 0 Å². The summed E-state index contributed by atoms with van der Waals surface area (Å²) in [6.07, 6.45) is 29.7. The molecule has 0 unspecified atom stereocenters. The predicted molar refractivity (Wildman–Crippen MR) is 325 cm³/mol. The molecule has 0 saturated carbocycles. The summed E-state index contributed by atoms with van der Waals surface area (Å²) in [4.78, 5) is 0. The zero-order valence-corrected chi connectivity index (χ0v) is 47.3. The van der Waals surface area contributed by atoms with E-state index in [0.717, 1.165) is 109 Å². The van der Waals surface area contributed by atoms with E-state index in [1.54, 1.807) is 0 Å². The van der Waals surface area contributed by atoms with Crippen LogP contribution in [0.2, 0.25) is 0 Å². The van der Waals surface area contributed by atoms with Gasteiger partial charge in [-0.25, -0.2) is 0 Å². The van der Waals surface area contributed by atoms with E-state index in [1.807, 2.05) is 0 Å². The molecule has 0 fully saturated rings. The zero-order valence-electron chi connectivity index (χ0n) is 47.3. The lowest BCUT2D eigenvalue weighted by Gasteiger charge is -2.18. The number of hydrogen-bond acceptors (Lipinski definition) is 4. The van der Waals surface area contributed by atoms with Gasteiger partial charge in [0, 0.05) is 0 Å². The fourth-order valence-electron chi connectivity index (χ4n) is 10.7. The quantitative estimate of drug-likeness (QED) is 0.0290. The summed E-state index contributed by atoms with van der Waals surface area (Å²) >= 11 is 0. The Labute approximate surface area is 459 Å². The van der Waals surface area contributed by atoms with Gasteiger partial charge in [0.2, 0.25) is 0 Å². The van der Waals surface area contributed by atoms with Gasteiger partial charge in [-0.1, -0.05) is 253 Å². The van der Waals surface area contributed by atoms with Crippen molar-refractivity contribution in [3.8, 4) is 23.0 Å². The van der Waals surface area contributed by atoms with Crippen LogP contribution in [0, 0.1) is 0 Å². The molecule has 4 heteroatoms. The van der Waals surface area contributed by atoms with E-state index in [0.29, 0.717) is 0 Å². The van der Waals surface area contributed by atoms with Crippen molar-refractivity contribution >= 4 is 32.7 Å². The molecule has 0 bridgehead atoms. The zero-order chi connectivity index (χ0) is 52.8. The van der Waals surface area contributed by atoms with Crippen LogP contribution in [0.1, 0.15) is 204 Å². The highest BCUT2D eigenvalue weighted by Gasteiger charge is 2.19. The maximum atomic E-state index is 6.42. The van der Waals surface area contributed by atoms with Crippen LogP contribution in [-0.4, -0.2) is 26.4 Å². The molecule has 76 heavy (non-hydrogen) atoms. The second-order valence-corrected chi connectivity index (χ2v) is 21.2. The van der Waals surface area contributed by atoms with Crippen molar-refractivity contribution in [3.63, 3.8) is 0 Å². The van der Waals surface area contributed by atoms with Crippen molar-refractivity contribution in [1.82, 2.24) is 0 Å². The third-order valence-corrected chi connectivity index (χ3v) is 15.1. The molecule has 7 aromatic carbocycles. The Hall–Kier alpha value is -6.00. The number of fused-ring (bicyclic) bond motifs is 3. The van der Waals surface area contributed by atoms with Gasteiger partial charge in [0.15, 0.2) is 0 Å². The minimum atomic E-state index is 0.728. The van der Waals surface area contributed by atoms with Crippen LogP contribution in [-0.2, 0) is 0 Å². The van der Waals surface area contributed by atoms with E-state index in [2.05, 4.69) is 173 Å². The van der Waals surface area contributed by atoms with E-state index < -0.39 is 0 Å². The van der Waals surface area contributed by atoms with Gasteiger partial charge >= 0.3 is 0 Å². The molecule has 7 rings (SSSR count). The average Bonchev–Trinajstić information content (AvgIpc) is 3.54. The van der Waals surface area contributed by atoms with E-state index in [9.17, 15) is 0 Å². The maximum absolute atomic E-state index is 6.42. The SMILES string of the molecule is CCCCCCCCOc1ccc(C(c2ccc(OCCCCCCCC)cc2)=c2c(=C(c3ccc(OCCCCCCCC)cc3)c3ccc(OCCCCCCCC)cc3)c3ccccc3c3ccccc23)cc1. The smallest absolute Gasteiger partial charge is 0.119 e. The molecule has 7 aromatic rings. The third kappa shape index (κ3) is 17.5. The lowest BCUT2D eigenvalue weighted by atomic mass is 9.85. The summed E-state index contributed by atoms with van der Waals surface area (Å²) < 4.78 is 25.7. The van der Waals surface area contributed by atoms with Crippen LogP contribution in [0.15, 0.2) is 146 Å². The first-order chi connectivity index (χ1) is 37.6. The molecule has 0 radical (unpaired) electrons. The second kappa shape index (κ2) is 33.2. The van der Waals surface area contributed by atoms with E-state index >= 15 is 0 Å². The van der Waals surface area contributed by atoms with Gasteiger partial charge in [-0.15, -0.1) is 0 Å². The number of rotatable bonds is 36.